The first-order valence-corrected chi connectivity index (χ1v) is 12.8. The summed E-state index contributed by atoms with van der Waals surface area (Å²) in [6.07, 6.45) is 8.38. The molecule has 0 unspecified atom stereocenters. The third-order valence-corrected chi connectivity index (χ3v) is 6.50. The predicted molar refractivity (Wildman–Crippen MR) is 134 cm³/mol. The minimum atomic E-state index is -0.630. The molecule has 0 aromatic heterocycles. The lowest BCUT2D eigenvalue weighted by atomic mass is 9.85. The van der Waals surface area contributed by atoms with Crippen molar-refractivity contribution in [3.05, 3.63) is 0 Å². The first kappa shape index (κ1) is 29.9. The summed E-state index contributed by atoms with van der Waals surface area (Å²) in [6.45, 7) is 8.69. The second-order valence-corrected chi connectivity index (χ2v) is 10.5. The smallest absolute Gasteiger partial charge is 0.246 e. The van der Waals surface area contributed by atoms with Crippen LogP contribution in [0.5, 0.6) is 0 Å². The van der Waals surface area contributed by atoms with E-state index < -0.39 is 11.5 Å². The maximum Gasteiger partial charge on any atom is 0.246 e. The van der Waals surface area contributed by atoms with Gasteiger partial charge in [0, 0.05) is 32.0 Å². The quantitative estimate of drug-likeness (QED) is 0.265. The molecule has 1 aliphatic rings. The second-order valence-electron chi connectivity index (χ2n) is 10.5. The molecule has 1 fully saturated rings. The number of nitrogens with two attached hydrogens (primary N) is 1. The summed E-state index contributed by atoms with van der Waals surface area (Å²) in [4.78, 5) is 50.7. The van der Waals surface area contributed by atoms with E-state index in [-0.39, 0.29) is 35.7 Å². The van der Waals surface area contributed by atoms with Gasteiger partial charge in [0.15, 0.2) is 0 Å². The molecule has 0 aromatic carbocycles. The van der Waals surface area contributed by atoms with E-state index in [1.807, 2.05) is 25.7 Å². The van der Waals surface area contributed by atoms with E-state index in [9.17, 15) is 19.2 Å². The van der Waals surface area contributed by atoms with E-state index in [1.165, 1.54) is 0 Å². The second kappa shape index (κ2) is 15.0. The highest BCUT2D eigenvalue weighted by Crippen LogP contribution is 2.25. The summed E-state index contributed by atoms with van der Waals surface area (Å²) >= 11 is 0. The van der Waals surface area contributed by atoms with Crippen LogP contribution in [-0.4, -0.2) is 66.8 Å². The maximum absolute atomic E-state index is 13.4. The summed E-state index contributed by atoms with van der Waals surface area (Å²) in [5.74, 6) is -0.525. The van der Waals surface area contributed by atoms with E-state index in [0.29, 0.717) is 25.9 Å². The van der Waals surface area contributed by atoms with Gasteiger partial charge in [-0.1, -0.05) is 46.5 Å². The number of unbranched alkanes of at least 4 members (excludes halogenated alkanes) is 5. The third kappa shape index (κ3) is 10.8. The fourth-order valence-electron chi connectivity index (χ4n) is 4.16. The Morgan fingerprint density at radius 3 is 2.15 bits per heavy atom. The van der Waals surface area contributed by atoms with Gasteiger partial charge in [-0.25, -0.2) is 0 Å². The van der Waals surface area contributed by atoms with Crippen molar-refractivity contribution in [2.24, 2.45) is 11.1 Å². The number of likely N-dealkylation sites (N-methyl/N-ethyl adjacent to an activating group) is 1. The van der Waals surface area contributed by atoms with Crippen molar-refractivity contribution in [2.75, 3.05) is 20.1 Å². The van der Waals surface area contributed by atoms with Crippen molar-refractivity contribution < 1.29 is 19.2 Å². The van der Waals surface area contributed by atoms with E-state index in [4.69, 9.17) is 5.73 Å². The van der Waals surface area contributed by atoms with Crippen LogP contribution in [0.3, 0.4) is 0 Å². The standard InChI is InChI=1S/C25H47N5O4/c1-18(27-5)23(33)29-22(25(2,3)4)24(34)30-16-12-13-19(30)17-28-21(32)15-11-9-7-6-8-10-14-20(26)31/h18-19,22,27H,6-17H2,1-5H3,(H2,26,31)(H,28,32)(H,29,33)/t18-,19-,22+/m0/s1. The molecule has 0 bridgehead atoms. The Morgan fingerprint density at radius 2 is 1.59 bits per heavy atom. The Labute approximate surface area is 205 Å². The largest absolute Gasteiger partial charge is 0.370 e. The van der Waals surface area contributed by atoms with Gasteiger partial charge in [0.2, 0.25) is 23.6 Å². The van der Waals surface area contributed by atoms with Crippen molar-refractivity contribution in [1.29, 1.82) is 0 Å². The van der Waals surface area contributed by atoms with E-state index >= 15 is 0 Å². The minimum Gasteiger partial charge on any atom is -0.370 e. The summed E-state index contributed by atoms with van der Waals surface area (Å²) in [5, 5.41) is 8.83. The van der Waals surface area contributed by atoms with Crippen molar-refractivity contribution in [3.63, 3.8) is 0 Å². The first-order valence-electron chi connectivity index (χ1n) is 12.8. The number of nitrogens with one attached hydrogen (secondary N) is 3. The van der Waals surface area contributed by atoms with Gasteiger partial charge in [-0.15, -0.1) is 0 Å². The Bertz CT molecular complexity index is 677. The molecule has 5 N–H and O–H groups in total. The lowest BCUT2D eigenvalue weighted by Gasteiger charge is -2.36. The number of nitrogens with zero attached hydrogens (tertiary/aromatic N) is 1. The molecular weight excluding hydrogens is 434 g/mol. The summed E-state index contributed by atoms with van der Waals surface area (Å²) < 4.78 is 0. The number of primary amides is 1. The van der Waals surface area contributed by atoms with Gasteiger partial charge in [0.1, 0.15) is 6.04 Å². The Balaban J connectivity index is 2.46. The fraction of sp³-hybridized carbons (Fsp3) is 0.840. The van der Waals surface area contributed by atoms with Crippen LogP contribution in [0.2, 0.25) is 0 Å². The molecule has 196 valence electrons. The van der Waals surface area contributed by atoms with Crippen LogP contribution in [0, 0.1) is 5.41 Å². The van der Waals surface area contributed by atoms with Crippen LogP contribution < -0.4 is 21.7 Å². The number of rotatable bonds is 15. The molecule has 4 amide bonds. The van der Waals surface area contributed by atoms with Gasteiger partial charge >= 0.3 is 0 Å². The molecule has 0 spiro atoms. The van der Waals surface area contributed by atoms with Crippen LogP contribution in [0.25, 0.3) is 0 Å². The lowest BCUT2D eigenvalue weighted by Crippen LogP contribution is -2.59. The highest BCUT2D eigenvalue weighted by molar-refractivity contribution is 5.90. The molecule has 1 heterocycles. The minimum absolute atomic E-state index is 0.0107. The Kier molecular flexibility index (Phi) is 13.1. The van der Waals surface area contributed by atoms with Gasteiger partial charge in [-0.3, -0.25) is 19.2 Å². The van der Waals surface area contributed by atoms with Crippen molar-refractivity contribution in [2.45, 2.75) is 110 Å². The molecular formula is C25H47N5O4. The summed E-state index contributed by atoms with van der Waals surface area (Å²) in [5.41, 5.74) is 4.70. The Morgan fingerprint density at radius 1 is 1.00 bits per heavy atom. The van der Waals surface area contributed by atoms with Gasteiger partial charge in [0.05, 0.1) is 6.04 Å². The zero-order chi connectivity index (χ0) is 25.7. The number of carbonyl (C=O) groups excluding carboxylic acids is 4. The molecule has 1 rings (SSSR count). The van der Waals surface area contributed by atoms with Crippen LogP contribution in [0.15, 0.2) is 0 Å². The van der Waals surface area contributed by atoms with Crippen molar-refractivity contribution >= 4 is 23.6 Å². The number of amides is 4. The Hall–Kier alpha value is -2.16. The van der Waals surface area contributed by atoms with Crippen molar-refractivity contribution in [3.8, 4) is 0 Å². The van der Waals surface area contributed by atoms with Gasteiger partial charge < -0.3 is 26.6 Å². The van der Waals surface area contributed by atoms with Crippen LogP contribution in [-0.2, 0) is 19.2 Å². The normalized spacial score (nSPS) is 17.8. The zero-order valence-electron chi connectivity index (χ0n) is 21.9. The van der Waals surface area contributed by atoms with Crippen LogP contribution in [0.4, 0.5) is 0 Å². The first-order chi connectivity index (χ1) is 16.0. The van der Waals surface area contributed by atoms with Crippen LogP contribution in [0.1, 0.15) is 91.9 Å². The van der Waals surface area contributed by atoms with E-state index in [2.05, 4.69) is 16.0 Å². The highest BCUT2D eigenvalue weighted by Gasteiger charge is 2.40. The van der Waals surface area contributed by atoms with E-state index in [1.54, 1.807) is 14.0 Å². The van der Waals surface area contributed by atoms with Gasteiger partial charge in [-0.05, 0) is 45.1 Å². The monoisotopic (exact) mass is 481 g/mol. The predicted octanol–water partition coefficient (Wildman–Crippen LogP) is 1.84. The summed E-state index contributed by atoms with van der Waals surface area (Å²) in [6, 6.07) is -1.07. The number of carbonyl (C=O) groups is 4. The molecule has 1 aliphatic heterocycles. The van der Waals surface area contributed by atoms with Gasteiger partial charge in [0.25, 0.3) is 0 Å². The molecule has 34 heavy (non-hydrogen) atoms. The SMILES string of the molecule is CN[C@@H](C)C(=O)N[C@H](C(=O)N1CCC[C@H]1CNC(=O)CCCCCCCCC(N)=O)C(C)(C)C. The highest BCUT2D eigenvalue weighted by atomic mass is 16.2. The number of likely N-dealkylation sites (tertiary alicyclic amines) is 1. The lowest BCUT2D eigenvalue weighted by molar-refractivity contribution is -0.140. The fourth-order valence-corrected chi connectivity index (χ4v) is 4.16. The average molecular weight is 482 g/mol. The molecule has 9 heteroatoms. The number of hydrogen-bond donors (Lipinski definition) is 4. The number of hydrogen-bond acceptors (Lipinski definition) is 5. The molecule has 3 atom stereocenters. The topological polar surface area (TPSA) is 134 Å². The summed E-state index contributed by atoms with van der Waals surface area (Å²) in [7, 11) is 1.71. The molecule has 0 saturated carbocycles. The van der Waals surface area contributed by atoms with Gasteiger partial charge in [-0.2, -0.15) is 0 Å². The van der Waals surface area contributed by atoms with Crippen LogP contribution >= 0.6 is 0 Å². The van der Waals surface area contributed by atoms with E-state index in [0.717, 1.165) is 51.4 Å². The molecule has 0 aliphatic carbocycles. The molecule has 1 saturated heterocycles. The average Bonchev–Trinajstić information content (AvgIpc) is 3.24. The molecule has 0 aromatic rings. The third-order valence-electron chi connectivity index (χ3n) is 6.50. The molecule has 9 nitrogen and oxygen atoms in total. The maximum atomic E-state index is 13.4. The zero-order valence-corrected chi connectivity index (χ0v) is 21.9. The van der Waals surface area contributed by atoms with Crippen molar-refractivity contribution in [1.82, 2.24) is 20.9 Å². The molecule has 0 radical (unpaired) electrons.